The van der Waals surface area contributed by atoms with Gasteiger partial charge in [-0.05, 0) is 59.9 Å². The normalized spacial score (nSPS) is 30.4. The number of likely N-dealkylation sites (tertiary alicyclic amines) is 1. The molecule has 0 spiro atoms. The fourth-order valence-corrected chi connectivity index (χ4v) is 3.05. The van der Waals surface area contributed by atoms with Crippen LogP contribution in [0.2, 0.25) is 0 Å². The van der Waals surface area contributed by atoms with E-state index in [9.17, 15) is 0 Å². The summed E-state index contributed by atoms with van der Waals surface area (Å²) < 4.78 is 0. The van der Waals surface area contributed by atoms with Crippen molar-refractivity contribution in [2.45, 2.75) is 77.8 Å². The quantitative estimate of drug-likeness (QED) is 0.680. The van der Waals surface area contributed by atoms with E-state index in [-0.39, 0.29) is 0 Å². The van der Waals surface area contributed by atoms with Crippen molar-refractivity contribution in [1.82, 2.24) is 4.90 Å². The van der Waals surface area contributed by atoms with Gasteiger partial charge in [0, 0.05) is 11.1 Å². The predicted molar refractivity (Wildman–Crippen MR) is 68.2 cm³/mol. The van der Waals surface area contributed by atoms with E-state index in [1.54, 1.807) is 0 Å². The highest BCUT2D eigenvalue weighted by molar-refractivity contribution is 4.99. The number of rotatable bonds is 3. The average molecular weight is 211 g/mol. The molecule has 1 heteroatoms. The zero-order valence-electron chi connectivity index (χ0n) is 11.6. The number of hydrogen-bond acceptors (Lipinski definition) is 1. The lowest BCUT2D eigenvalue weighted by atomic mass is 9.71. The molecule has 1 unspecified atom stereocenters. The van der Waals surface area contributed by atoms with Gasteiger partial charge in [0.15, 0.2) is 0 Å². The smallest absolute Gasteiger partial charge is 0.0183 e. The van der Waals surface area contributed by atoms with Crippen LogP contribution in [0.5, 0.6) is 0 Å². The highest BCUT2D eigenvalue weighted by Gasteiger charge is 2.44. The first-order valence-corrected chi connectivity index (χ1v) is 6.56. The minimum atomic E-state index is 0.372. The molecule has 1 rings (SSSR count). The van der Waals surface area contributed by atoms with Gasteiger partial charge in [0.1, 0.15) is 0 Å². The molecule has 1 aliphatic rings. The number of nitrogens with zero attached hydrogens (tertiary/aromatic N) is 1. The molecule has 1 atom stereocenters. The number of unbranched alkanes of at least 4 members (excludes halogenated alkanes) is 1. The molecule has 0 bridgehead atoms. The topological polar surface area (TPSA) is 3.24 Å². The van der Waals surface area contributed by atoms with Gasteiger partial charge in [0.05, 0.1) is 0 Å². The Bertz CT molecular complexity index is 205. The van der Waals surface area contributed by atoms with E-state index in [2.05, 4.69) is 46.6 Å². The van der Waals surface area contributed by atoms with E-state index < -0.39 is 0 Å². The Hall–Kier alpha value is -0.0400. The minimum Gasteiger partial charge on any atom is -0.296 e. The van der Waals surface area contributed by atoms with Crippen molar-refractivity contribution < 1.29 is 0 Å². The van der Waals surface area contributed by atoms with E-state index in [4.69, 9.17) is 0 Å². The van der Waals surface area contributed by atoms with Gasteiger partial charge in [0.25, 0.3) is 0 Å². The van der Waals surface area contributed by atoms with Crippen LogP contribution in [-0.4, -0.2) is 23.0 Å². The van der Waals surface area contributed by atoms with Crippen LogP contribution in [-0.2, 0) is 0 Å². The zero-order valence-corrected chi connectivity index (χ0v) is 11.6. The molecule has 0 amide bonds. The predicted octanol–water partition coefficient (Wildman–Crippen LogP) is 4.08. The SMILES string of the molecule is CCCCC1CCC(C)(C)N(C)C1(C)C. The summed E-state index contributed by atoms with van der Waals surface area (Å²) in [6.45, 7) is 11.9. The molecule has 0 aromatic rings. The number of hydrogen-bond donors (Lipinski definition) is 0. The van der Waals surface area contributed by atoms with Crippen molar-refractivity contribution in [3.8, 4) is 0 Å². The van der Waals surface area contributed by atoms with Crippen molar-refractivity contribution in [1.29, 1.82) is 0 Å². The van der Waals surface area contributed by atoms with Gasteiger partial charge >= 0.3 is 0 Å². The van der Waals surface area contributed by atoms with Gasteiger partial charge in [-0.15, -0.1) is 0 Å². The Balaban J connectivity index is 2.71. The van der Waals surface area contributed by atoms with Gasteiger partial charge < -0.3 is 0 Å². The summed E-state index contributed by atoms with van der Waals surface area (Å²) in [5, 5.41) is 0. The second-order valence-corrected chi connectivity index (χ2v) is 6.40. The molecule has 90 valence electrons. The first-order chi connectivity index (χ1) is 6.82. The van der Waals surface area contributed by atoms with Crippen molar-refractivity contribution in [2.24, 2.45) is 5.92 Å². The highest BCUT2D eigenvalue weighted by Crippen LogP contribution is 2.42. The summed E-state index contributed by atoms with van der Waals surface area (Å²) in [5.41, 5.74) is 0.753. The third-order valence-electron chi connectivity index (χ3n) is 4.78. The molecule has 1 fully saturated rings. The van der Waals surface area contributed by atoms with Gasteiger partial charge in [-0.3, -0.25) is 4.90 Å². The molecular formula is C14H29N. The van der Waals surface area contributed by atoms with Gasteiger partial charge in [-0.25, -0.2) is 0 Å². The Morgan fingerprint density at radius 3 is 2.33 bits per heavy atom. The van der Waals surface area contributed by atoms with Crippen LogP contribution >= 0.6 is 0 Å². The lowest BCUT2D eigenvalue weighted by Crippen LogP contribution is -2.60. The van der Waals surface area contributed by atoms with E-state index >= 15 is 0 Å². The van der Waals surface area contributed by atoms with Crippen LogP contribution in [0.15, 0.2) is 0 Å². The lowest BCUT2D eigenvalue weighted by Gasteiger charge is -2.55. The van der Waals surface area contributed by atoms with Crippen LogP contribution in [0.3, 0.4) is 0 Å². The third-order valence-corrected chi connectivity index (χ3v) is 4.78. The average Bonchev–Trinajstić information content (AvgIpc) is 2.14. The molecule has 0 aromatic heterocycles. The summed E-state index contributed by atoms with van der Waals surface area (Å²) in [6, 6.07) is 0. The second kappa shape index (κ2) is 4.45. The summed E-state index contributed by atoms with van der Waals surface area (Å²) >= 11 is 0. The first-order valence-electron chi connectivity index (χ1n) is 6.56. The Morgan fingerprint density at radius 2 is 1.80 bits per heavy atom. The zero-order chi connectivity index (χ0) is 11.7. The van der Waals surface area contributed by atoms with E-state index in [1.165, 1.54) is 32.1 Å². The summed E-state index contributed by atoms with van der Waals surface area (Å²) in [5.74, 6) is 0.885. The fraction of sp³-hybridized carbons (Fsp3) is 1.00. The molecule has 1 aliphatic heterocycles. The van der Waals surface area contributed by atoms with E-state index in [0.29, 0.717) is 11.1 Å². The molecule has 1 heterocycles. The summed E-state index contributed by atoms with van der Waals surface area (Å²) in [7, 11) is 2.30. The molecule has 0 saturated carbocycles. The maximum absolute atomic E-state index is 2.60. The molecule has 0 aliphatic carbocycles. The van der Waals surface area contributed by atoms with Crippen LogP contribution in [0, 0.1) is 5.92 Å². The number of piperidine rings is 1. The van der Waals surface area contributed by atoms with Crippen molar-refractivity contribution in [2.75, 3.05) is 7.05 Å². The second-order valence-electron chi connectivity index (χ2n) is 6.40. The van der Waals surface area contributed by atoms with Gasteiger partial charge in [0.2, 0.25) is 0 Å². The Labute approximate surface area is 96.2 Å². The largest absolute Gasteiger partial charge is 0.296 e. The maximum atomic E-state index is 2.60. The van der Waals surface area contributed by atoms with Crippen molar-refractivity contribution >= 4 is 0 Å². The molecule has 15 heavy (non-hydrogen) atoms. The van der Waals surface area contributed by atoms with Gasteiger partial charge in [-0.1, -0.05) is 19.8 Å². The van der Waals surface area contributed by atoms with Crippen LogP contribution < -0.4 is 0 Å². The molecular weight excluding hydrogens is 182 g/mol. The van der Waals surface area contributed by atoms with Crippen molar-refractivity contribution in [3.05, 3.63) is 0 Å². The van der Waals surface area contributed by atoms with Gasteiger partial charge in [-0.2, -0.15) is 0 Å². The molecule has 1 nitrogen and oxygen atoms in total. The van der Waals surface area contributed by atoms with Crippen LogP contribution in [0.4, 0.5) is 0 Å². The minimum absolute atomic E-state index is 0.372. The van der Waals surface area contributed by atoms with Crippen LogP contribution in [0.1, 0.15) is 66.7 Å². The first kappa shape index (κ1) is 13.0. The molecule has 0 aromatic carbocycles. The Morgan fingerprint density at radius 1 is 1.20 bits per heavy atom. The Kier molecular flexibility index (Phi) is 3.86. The van der Waals surface area contributed by atoms with Crippen LogP contribution in [0.25, 0.3) is 0 Å². The van der Waals surface area contributed by atoms with E-state index in [1.807, 2.05) is 0 Å². The monoisotopic (exact) mass is 211 g/mol. The molecule has 0 N–H and O–H groups in total. The van der Waals surface area contributed by atoms with Crippen molar-refractivity contribution in [3.63, 3.8) is 0 Å². The standard InChI is InChI=1S/C14H29N/c1-7-8-9-12-10-11-13(2,3)15(6)14(12,4)5/h12H,7-11H2,1-6H3. The lowest BCUT2D eigenvalue weighted by molar-refractivity contribution is -0.0474. The molecule has 0 radical (unpaired) electrons. The fourth-order valence-electron chi connectivity index (χ4n) is 3.05. The van der Waals surface area contributed by atoms with E-state index in [0.717, 1.165) is 5.92 Å². The summed E-state index contributed by atoms with van der Waals surface area (Å²) in [4.78, 5) is 2.60. The summed E-state index contributed by atoms with van der Waals surface area (Å²) in [6.07, 6.45) is 6.89. The third kappa shape index (κ3) is 2.55. The highest BCUT2D eigenvalue weighted by atomic mass is 15.2. The molecule has 1 saturated heterocycles. The maximum Gasteiger partial charge on any atom is 0.0183 e.